The number of carbonyl (C=O) groups excluding carboxylic acids is 1. The zero-order valence-corrected chi connectivity index (χ0v) is 15.8. The standard InChI is InChI=1S/C21H26N2O4/c1-3-10-20(17(2)23(25)26)22(15-18-11-6-4-7-12-18)21(24)27-16-19-13-8-5-9-14-19/h4-9,11-14,17,20H,3,10,15-16H2,1-2H3. The van der Waals surface area contributed by atoms with Crippen molar-refractivity contribution >= 4 is 6.09 Å². The number of nitro groups is 1. The van der Waals surface area contributed by atoms with Crippen molar-refractivity contribution in [1.82, 2.24) is 4.90 Å². The third-order valence-electron chi connectivity index (χ3n) is 4.51. The molecule has 0 saturated carbocycles. The number of benzene rings is 2. The fourth-order valence-corrected chi connectivity index (χ4v) is 2.99. The highest BCUT2D eigenvalue weighted by Gasteiger charge is 2.35. The first-order chi connectivity index (χ1) is 13.0. The summed E-state index contributed by atoms with van der Waals surface area (Å²) in [5, 5.41) is 11.4. The van der Waals surface area contributed by atoms with E-state index in [4.69, 9.17) is 4.74 Å². The Morgan fingerprint density at radius 3 is 2.15 bits per heavy atom. The van der Waals surface area contributed by atoms with Crippen LogP contribution in [0.2, 0.25) is 0 Å². The van der Waals surface area contributed by atoms with E-state index in [1.165, 1.54) is 4.90 Å². The van der Waals surface area contributed by atoms with Gasteiger partial charge in [-0.1, -0.05) is 74.0 Å². The molecule has 144 valence electrons. The Balaban J connectivity index is 2.21. The number of amides is 1. The summed E-state index contributed by atoms with van der Waals surface area (Å²) in [4.78, 5) is 25.4. The van der Waals surface area contributed by atoms with E-state index >= 15 is 0 Å². The fourth-order valence-electron chi connectivity index (χ4n) is 2.99. The Morgan fingerprint density at radius 1 is 1.07 bits per heavy atom. The van der Waals surface area contributed by atoms with E-state index < -0.39 is 18.2 Å². The van der Waals surface area contributed by atoms with Crippen molar-refractivity contribution in [3.05, 3.63) is 81.9 Å². The largest absolute Gasteiger partial charge is 0.445 e. The molecule has 0 N–H and O–H groups in total. The minimum absolute atomic E-state index is 0.136. The van der Waals surface area contributed by atoms with Gasteiger partial charge in [0.1, 0.15) is 12.6 Å². The topological polar surface area (TPSA) is 72.7 Å². The average Bonchev–Trinajstić information content (AvgIpc) is 2.69. The summed E-state index contributed by atoms with van der Waals surface area (Å²) in [5.41, 5.74) is 1.78. The summed E-state index contributed by atoms with van der Waals surface area (Å²) in [5.74, 6) is 0. The van der Waals surface area contributed by atoms with Gasteiger partial charge in [-0.15, -0.1) is 0 Å². The minimum Gasteiger partial charge on any atom is -0.445 e. The molecule has 27 heavy (non-hydrogen) atoms. The lowest BCUT2D eigenvalue weighted by Gasteiger charge is -2.31. The Bertz CT molecular complexity index is 721. The molecular formula is C21H26N2O4. The molecule has 0 radical (unpaired) electrons. The minimum atomic E-state index is -0.877. The maximum absolute atomic E-state index is 12.8. The van der Waals surface area contributed by atoms with Crippen LogP contribution in [0.5, 0.6) is 0 Å². The number of nitrogens with zero attached hydrogens (tertiary/aromatic N) is 2. The Labute approximate surface area is 159 Å². The van der Waals surface area contributed by atoms with E-state index in [2.05, 4.69) is 0 Å². The van der Waals surface area contributed by atoms with Gasteiger partial charge in [0.05, 0.1) is 0 Å². The SMILES string of the molecule is CCCC(C(C)[N+](=O)[O-])N(Cc1ccccc1)C(=O)OCc1ccccc1. The maximum atomic E-state index is 12.8. The normalized spacial score (nSPS) is 12.8. The molecule has 0 saturated heterocycles. The van der Waals surface area contributed by atoms with Gasteiger partial charge in [0, 0.05) is 18.4 Å². The summed E-state index contributed by atoms with van der Waals surface area (Å²) in [6.07, 6.45) is 0.741. The van der Waals surface area contributed by atoms with Gasteiger partial charge in [-0.3, -0.25) is 15.0 Å². The van der Waals surface area contributed by atoms with Gasteiger partial charge in [-0.2, -0.15) is 0 Å². The Morgan fingerprint density at radius 2 is 1.63 bits per heavy atom. The van der Waals surface area contributed by atoms with E-state index in [-0.39, 0.29) is 18.1 Å². The van der Waals surface area contributed by atoms with Crippen molar-refractivity contribution in [3.63, 3.8) is 0 Å². The highest BCUT2D eigenvalue weighted by molar-refractivity contribution is 5.68. The van der Waals surface area contributed by atoms with Crippen LogP contribution in [-0.2, 0) is 17.9 Å². The molecule has 0 aliphatic rings. The third kappa shape index (κ3) is 6.09. The molecule has 0 aromatic heterocycles. The summed E-state index contributed by atoms with van der Waals surface area (Å²) in [6, 6.07) is 17.4. The summed E-state index contributed by atoms with van der Waals surface area (Å²) >= 11 is 0. The molecule has 0 heterocycles. The lowest BCUT2D eigenvalue weighted by molar-refractivity contribution is -0.525. The van der Waals surface area contributed by atoms with E-state index in [9.17, 15) is 14.9 Å². The predicted octanol–water partition coefficient (Wildman–Crippen LogP) is 4.66. The van der Waals surface area contributed by atoms with Crippen molar-refractivity contribution in [1.29, 1.82) is 0 Å². The van der Waals surface area contributed by atoms with Gasteiger partial charge in [-0.05, 0) is 17.5 Å². The van der Waals surface area contributed by atoms with Gasteiger partial charge >= 0.3 is 6.09 Å². The van der Waals surface area contributed by atoms with E-state index in [1.807, 2.05) is 67.6 Å². The van der Waals surface area contributed by atoms with Crippen molar-refractivity contribution in [2.45, 2.75) is 51.9 Å². The summed E-state index contributed by atoms with van der Waals surface area (Å²) < 4.78 is 5.48. The monoisotopic (exact) mass is 370 g/mol. The molecule has 2 rings (SSSR count). The van der Waals surface area contributed by atoms with Crippen molar-refractivity contribution in [3.8, 4) is 0 Å². The van der Waals surface area contributed by atoms with Crippen molar-refractivity contribution < 1.29 is 14.5 Å². The number of carbonyl (C=O) groups is 1. The maximum Gasteiger partial charge on any atom is 0.410 e. The molecule has 0 aliphatic heterocycles. The predicted molar refractivity (Wildman–Crippen MR) is 104 cm³/mol. The zero-order valence-electron chi connectivity index (χ0n) is 15.8. The fraction of sp³-hybridized carbons (Fsp3) is 0.381. The van der Waals surface area contributed by atoms with E-state index in [0.29, 0.717) is 6.42 Å². The van der Waals surface area contributed by atoms with Gasteiger partial charge in [0.15, 0.2) is 0 Å². The average molecular weight is 370 g/mol. The molecule has 1 amide bonds. The van der Waals surface area contributed by atoms with E-state index in [0.717, 1.165) is 17.5 Å². The molecule has 2 atom stereocenters. The Hall–Kier alpha value is -2.89. The first-order valence-corrected chi connectivity index (χ1v) is 9.17. The highest BCUT2D eigenvalue weighted by Crippen LogP contribution is 2.19. The number of rotatable bonds is 9. The second kappa shape index (κ2) is 10.3. The lowest BCUT2D eigenvalue weighted by Crippen LogP contribution is -2.48. The molecule has 0 aliphatic carbocycles. The zero-order chi connectivity index (χ0) is 19.6. The summed E-state index contributed by atoms with van der Waals surface area (Å²) in [6.45, 7) is 3.91. The first-order valence-electron chi connectivity index (χ1n) is 9.17. The van der Waals surface area contributed by atoms with Crippen LogP contribution in [0.15, 0.2) is 60.7 Å². The van der Waals surface area contributed by atoms with Gasteiger partial charge in [-0.25, -0.2) is 4.79 Å². The number of hydrogen-bond acceptors (Lipinski definition) is 4. The van der Waals surface area contributed by atoms with Crippen LogP contribution in [0.4, 0.5) is 4.79 Å². The second-order valence-corrected chi connectivity index (χ2v) is 6.54. The number of ether oxygens (including phenoxy) is 1. The Kier molecular flexibility index (Phi) is 7.79. The van der Waals surface area contributed by atoms with Gasteiger partial charge in [0.2, 0.25) is 6.04 Å². The van der Waals surface area contributed by atoms with Crippen molar-refractivity contribution in [2.75, 3.05) is 0 Å². The first kappa shape index (κ1) is 20.4. The van der Waals surface area contributed by atoms with Crippen LogP contribution in [0.25, 0.3) is 0 Å². The van der Waals surface area contributed by atoms with Crippen LogP contribution >= 0.6 is 0 Å². The quantitative estimate of drug-likeness (QED) is 0.475. The number of hydrogen-bond donors (Lipinski definition) is 0. The highest BCUT2D eigenvalue weighted by atomic mass is 16.6. The van der Waals surface area contributed by atoms with Crippen LogP contribution in [0.1, 0.15) is 37.8 Å². The molecule has 2 aromatic rings. The molecule has 6 nitrogen and oxygen atoms in total. The molecule has 0 spiro atoms. The third-order valence-corrected chi connectivity index (χ3v) is 4.51. The molecule has 2 unspecified atom stereocenters. The second-order valence-electron chi connectivity index (χ2n) is 6.54. The molecular weight excluding hydrogens is 344 g/mol. The lowest BCUT2D eigenvalue weighted by atomic mass is 10.0. The van der Waals surface area contributed by atoms with Gasteiger partial charge in [0.25, 0.3) is 0 Å². The van der Waals surface area contributed by atoms with Crippen molar-refractivity contribution in [2.24, 2.45) is 0 Å². The molecule has 0 bridgehead atoms. The molecule has 0 fully saturated rings. The summed E-state index contributed by atoms with van der Waals surface area (Å²) in [7, 11) is 0. The van der Waals surface area contributed by atoms with Gasteiger partial charge < -0.3 is 4.74 Å². The smallest absolute Gasteiger partial charge is 0.410 e. The molecule has 2 aromatic carbocycles. The molecule has 6 heteroatoms. The van der Waals surface area contributed by atoms with E-state index in [1.54, 1.807) is 6.92 Å². The van der Waals surface area contributed by atoms with Crippen LogP contribution in [0, 0.1) is 10.1 Å². The van der Waals surface area contributed by atoms with Crippen LogP contribution < -0.4 is 0 Å². The van der Waals surface area contributed by atoms with Crippen LogP contribution in [-0.4, -0.2) is 28.0 Å². The van der Waals surface area contributed by atoms with Crippen LogP contribution in [0.3, 0.4) is 0 Å².